The van der Waals surface area contributed by atoms with Gasteiger partial charge in [-0.3, -0.25) is 14.8 Å². The summed E-state index contributed by atoms with van der Waals surface area (Å²) in [7, 11) is 0. The Kier molecular flexibility index (Phi) is 11.3. The Balaban J connectivity index is 1.46. The Hall–Kier alpha value is -3.33. The monoisotopic (exact) mass is 768 g/mol. The van der Waals surface area contributed by atoms with Gasteiger partial charge in [0, 0.05) is 42.3 Å². The van der Waals surface area contributed by atoms with Gasteiger partial charge in [-0.2, -0.15) is 18.3 Å². The van der Waals surface area contributed by atoms with E-state index in [4.69, 9.17) is 28.3 Å². The molecule has 0 aliphatic carbocycles. The molecular formula is C33H30Cl2F4N6O3S2. The first kappa shape index (κ1) is 36.5. The molecule has 2 aliphatic rings. The number of nitrogens with one attached hydrogen (secondary N) is 1. The molecule has 17 heteroatoms. The smallest absolute Gasteiger partial charge is 0.293 e. The number of amides is 1. The van der Waals surface area contributed by atoms with Gasteiger partial charge in [-0.1, -0.05) is 41.5 Å². The number of rotatable bonds is 8. The third-order valence-electron chi connectivity index (χ3n) is 8.23. The van der Waals surface area contributed by atoms with E-state index in [1.807, 2.05) is 0 Å². The van der Waals surface area contributed by atoms with Gasteiger partial charge < -0.3 is 0 Å². The van der Waals surface area contributed by atoms with Crippen LogP contribution in [0, 0.1) is 11.8 Å². The second-order valence-corrected chi connectivity index (χ2v) is 14.5. The Morgan fingerprint density at radius 3 is 2.44 bits per heavy atom. The summed E-state index contributed by atoms with van der Waals surface area (Å²) in [5.41, 5.74) is 3.51. The minimum absolute atomic E-state index is 0.0335. The number of halogens is 6. The van der Waals surface area contributed by atoms with Crippen LogP contribution in [0.15, 0.2) is 54.6 Å². The summed E-state index contributed by atoms with van der Waals surface area (Å²) < 4.78 is 79.1. The van der Waals surface area contributed by atoms with Crippen LogP contribution in [0.1, 0.15) is 57.7 Å². The van der Waals surface area contributed by atoms with Crippen LogP contribution in [0.5, 0.6) is 0 Å². The molecule has 4 aromatic rings. The zero-order valence-corrected chi connectivity index (χ0v) is 29.4. The number of hydrogen-bond acceptors (Lipinski definition) is 6. The molecule has 9 nitrogen and oxygen atoms in total. The van der Waals surface area contributed by atoms with Crippen LogP contribution in [-0.4, -0.2) is 71.2 Å². The molecule has 264 valence electrons. The van der Waals surface area contributed by atoms with E-state index in [0.717, 1.165) is 35.8 Å². The van der Waals surface area contributed by atoms with Crippen molar-refractivity contribution < 1.29 is 31.1 Å². The topological polar surface area (TPSA) is 93.9 Å². The van der Waals surface area contributed by atoms with Crippen molar-refractivity contribution in [2.75, 3.05) is 26.2 Å². The van der Waals surface area contributed by atoms with Crippen molar-refractivity contribution in [3.8, 4) is 28.1 Å². The van der Waals surface area contributed by atoms with E-state index in [1.165, 1.54) is 39.2 Å². The Morgan fingerprint density at radius 2 is 1.80 bits per heavy atom. The first-order valence-corrected chi connectivity index (χ1v) is 18.2. The van der Waals surface area contributed by atoms with E-state index in [2.05, 4.69) is 17.3 Å². The summed E-state index contributed by atoms with van der Waals surface area (Å²) in [6.45, 7) is 1.09. The van der Waals surface area contributed by atoms with Gasteiger partial charge >= 0.3 is 6.18 Å². The van der Waals surface area contributed by atoms with Crippen LogP contribution < -0.4 is 5.43 Å². The highest BCUT2D eigenvalue weighted by molar-refractivity contribution is 7.76. The molecule has 2 aromatic heterocycles. The van der Waals surface area contributed by atoms with Crippen molar-refractivity contribution in [3.05, 3.63) is 91.9 Å². The zero-order chi connectivity index (χ0) is 35.6. The predicted molar refractivity (Wildman–Crippen MR) is 185 cm³/mol. The fraction of sp³-hybridized carbons (Fsp3) is 0.333. The molecule has 2 fully saturated rings. The summed E-state index contributed by atoms with van der Waals surface area (Å²) in [5.74, 6) is 5.32. The molecule has 0 radical (unpaired) electrons. The van der Waals surface area contributed by atoms with E-state index in [9.17, 15) is 31.1 Å². The largest absolute Gasteiger partial charge is 0.416 e. The number of hydrogen-bond donors (Lipinski definition) is 2. The third kappa shape index (κ3) is 8.41. The SMILES string of the molecule is O=C(NN1CCCCC1)c1nn(-c2ccc(Cl)cc2Cl)c(-c2ccc(C#Cc3ccc(C(F)(F)F)cc3)s2)c1CN(N1CC[C@@H](F)C1)S(=O)O. The highest BCUT2D eigenvalue weighted by Crippen LogP contribution is 2.38. The van der Waals surface area contributed by atoms with E-state index < -0.39 is 35.1 Å². The Morgan fingerprint density at radius 1 is 1.06 bits per heavy atom. The first-order chi connectivity index (χ1) is 23.9. The van der Waals surface area contributed by atoms with Crippen molar-refractivity contribution in [2.45, 2.75) is 44.6 Å². The number of alkyl halides is 4. The fourth-order valence-electron chi connectivity index (χ4n) is 5.77. The van der Waals surface area contributed by atoms with Gasteiger partial charge in [0.2, 0.25) is 11.3 Å². The maximum Gasteiger partial charge on any atom is 0.416 e. The molecule has 2 aliphatic heterocycles. The Bertz CT molecular complexity index is 1950. The highest BCUT2D eigenvalue weighted by Gasteiger charge is 2.35. The molecule has 6 rings (SSSR count). The minimum atomic E-state index is -4.47. The van der Waals surface area contributed by atoms with Gasteiger partial charge in [-0.15, -0.1) is 15.8 Å². The van der Waals surface area contributed by atoms with Crippen molar-refractivity contribution in [1.29, 1.82) is 0 Å². The van der Waals surface area contributed by atoms with Crippen LogP contribution in [0.4, 0.5) is 17.6 Å². The molecular weight excluding hydrogens is 739 g/mol. The maximum atomic E-state index is 14.3. The number of aromatic nitrogens is 2. The molecule has 0 bridgehead atoms. The molecule has 4 heterocycles. The van der Waals surface area contributed by atoms with Crippen LogP contribution in [-0.2, 0) is 24.0 Å². The third-order valence-corrected chi connectivity index (χ3v) is 10.5. The summed E-state index contributed by atoms with van der Waals surface area (Å²) in [6, 6.07) is 12.7. The zero-order valence-electron chi connectivity index (χ0n) is 26.2. The minimum Gasteiger partial charge on any atom is -0.293 e. The lowest BCUT2D eigenvalue weighted by Gasteiger charge is -2.28. The van der Waals surface area contributed by atoms with E-state index in [-0.39, 0.29) is 42.3 Å². The normalized spacial score (nSPS) is 17.9. The number of thiophene rings is 1. The van der Waals surface area contributed by atoms with Crippen molar-refractivity contribution in [1.82, 2.24) is 29.6 Å². The summed E-state index contributed by atoms with van der Waals surface area (Å²) >= 11 is 11.5. The van der Waals surface area contributed by atoms with Crippen LogP contribution in [0.25, 0.3) is 16.3 Å². The molecule has 1 unspecified atom stereocenters. The lowest BCUT2D eigenvalue weighted by atomic mass is 10.1. The second kappa shape index (κ2) is 15.5. The molecule has 0 spiro atoms. The summed E-state index contributed by atoms with van der Waals surface area (Å²) in [4.78, 5) is 15.1. The number of nitrogens with zero attached hydrogens (tertiary/aromatic N) is 5. The average molecular weight is 770 g/mol. The number of hydrazine groups is 2. The number of carbonyl (C=O) groups excluding carboxylic acids is 1. The average Bonchev–Trinajstić information content (AvgIpc) is 3.81. The van der Waals surface area contributed by atoms with Crippen molar-refractivity contribution >= 4 is 51.7 Å². The van der Waals surface area contributed by atoms with Crippen molar-refractivity contribution in [2.24, 2.45) is 0 Å². The lowest BCUT2D eigenvalue weighted by Crippen LogP contribution is -2.46. The molecule has 2 saturated heterocycles. The van der Waals surface area contributed by atoms with Crippen LogP contribution in [0.3, 0.4) is 0 Å². The Labute approximate surface area is 302 Å². The summed E-state index contributed by atoms with van der Waals surface area (Å²) in [5, 5.41) is 8.56. The van der Waals surface area contributed by atoms with E-state index >= 15 is 0 Å². The first-order valence-electron chi connectivity index (χ1n) is 15.6. The highest BCUT2D eigenvalue weighted by atomic mass is 35.5. The van der Waals surface area contributed by atoms with Gasteiger partial charge in [0.25, 0.3) is 5.91 Å². The summed E-state index contributed by atoms with van der Waals surface area (Å²) in [6.07, 6.45) is -2.65. The van der Waals surface area contributed by atoms with Crippen LogP contribution >= 0.6 is 34.5 Å². The van der Waals surface area contributed by atoms with Crippen LogP contribution in [0.2, 0.25) is 10.0 Å². The van der Waals surface area contributed by atoms with E-state index in [0.29, 0.717) is 44.8 Å². The molecule has 2 atom stereocenters. The van der Waals surface area contributed by atoms with Gasteiger partial charge in [0.15, 0.2) is 5.69 Å². The predicted octanol–water partition coefficient (Wildman–Crippen LogP) is 7.35. The fourth-order valence-corrected chi connectivity index (χ4v) is 7.76. The molecule has 2 aromatic carbocycles. The van der Waals surface area contributed by atoms with Crippen molar-refractivity contribution in [3.63, 3.8) is 0 Å². The molecule has 1 amide bonds. The van der Waals surface area contributed by atoms with Gasteiger partial charge in [-0.25, -0.2) is 23.3 Å². The van der Waals surface area contributed by atoms with Gasteiger partial charge in [0.1, 0.15) is 6.17 Å². The van der Waals surface area contributed by atoms with Gasteiger partial charge in [0.05, 0.1) is 38.3 Å². The number of piperidine rings is 1. The molecule has 0 saturated carbocycles. The number of benzene rings is 2. The standard InChI is InChI=1S/C33H30Cl2F4N6O3S2/c34-23-9-12-28(27(35)18-23)45-31(29-13-11-25(49-29)10-6-21-4-7-22(8-5-21)33(37,38)39)26(20-44(50(47)48)43-17-14-24(36)19-43)30(40-45)32(46)41-42-15-2-1-3-16-42/h4-5,7-9,11-13,18,24H,1-3,14-17,19-20H2,(H,41,46)(H,47,48)/t24-/m1/s1. The van der Waals surface area contributed by atoms with Gasteiger partial charge in [-0.05, 0) is 73.9 Å². The lowest BCUT2D eigenvalue weighted by molar-refractivity contribution is -0.137. The maximum absolute atomic E-state index is 14.3. The molecule has 50 heavy (non-hydrogen) atoms. The molecule has 2 N–H and O–H groups in total. The second-order valence-electron chi connectivity index (χ2n) is 11.7. The van der Waals surface area contributed by atoms with E-state index in [1.54, 1.807) is 29.3 Å². The quantitative estimate of drug-likeness (QED) is 0.111. The number of carbonyl (C=O) groups is 1.